The molecular formula is C14H20O4. The minimum Gasteiger partial charge on any atom is -0.493 e. The Morgan fingerprint density at radius 2 is 2.22 bits per heavy atom. The van der Waals surface area contributed by atoms with E-state index >= 15 is 0 Å². The highest BCUT2D eigenvalue weighted by atomic mass is 16.6. The zero-order chi connectivity index (χ0) is 12.8. The van der Waals surface area contributed by atoms with Crippen LogP contribution >= 0.6 is 0 Å². The fourth-order valence-corrected chi connectivity index (χ4v) is 1.96. The Labute approximate surface area is 107 Å². The van der Waals surface area contributed by atoms with Crippen LogP contribution in [-0.4, -0.2) is 37.6 Å². The Kier molecular flexibility index (Phi) is 4.99. The molecule has 0 amide bonds. The van der Waals surface area contributed by atoms with E-state index in [1.165, 1.54) is 0 Å². The zero-order valence-corrected chi connectivity index (χ0v) is 10.7. The van der Waals surface area contributed by atoms with Gasteiger partial charge >= 0.3 is 0 Å². The summed E-state index contributed by atoms with van der Waals surface area (Å²) in [5, 5.41) is 10.3. The van der Waals surface area contributed by atoms with Gasteiger partial charge in [-0.15, -0.1) is 0 Å². The molecule has 0 aliphatic carbocycles. The average Bonchev–Trinajstić information content (AvgIpc) is 2.45. The molecule has 1 aromatic rings. The Bertz CT molecular complexity index is 361. The van der Waals surface area contributed by atoms with Crippen molar-refractivity contribution in [2.45, 2.75) is 25.6 Å². The number of hydrogen-bond donors (Lipinski definition) is 1. The number of aliphatic hydroxyl groups is 1. The number of para-hydroxylation sites is 1. The number of benzene rings is 1. The van der Waals surface area contributed by atoms with Gasteiger partial charge in [-0.3, -0.25) is 0 Å². The van der Waals surface area contributed by atoms with Crippen LogP contribution in [-0.2, 0) is 9.47 Å². The summed E-state index contributed by atoms with van der Waals surface area (Å²) in [4.78, 5) is 0. The molecule has 1 aromatic carbocycles. The van der Waals surface area contributed by atoms with Crippen molar-refractivity contribution < 1.29 is 19.3 Å². The van der Waals surface area contributed by atoms with Crippen LogP contribution in [0.5, 0.6) is 5.75 Å². The maximum Gasteiger partial charge on any atom is 0.125 e. The van der Waals surface area contributed by atoms with Gasteiger partial charge in [-0.2, -0.15) is 0 Å². The van der Waals surface area contributed by atoms with Crippen molar-refractivity contribution >= 4 is 0 Å². The standard InChI is InChI=1S/C14H20O4/c1-2-7-17-12-6-4-3-5-11(12)14(15)13-10-16-8-9-18-13/h3-6,13-15H,2,7-10H2,1H3. The zero-order valence-electron chi connectivity index (χ0n) is 10.7. The van der Waals surface area contributed by atoms with Gasteiger partial charge in [0.25, 0.3) is 0 Å². The van der Waals surface area contributed by atoms with Gasteiger partial charge in [0.2, 0.25) is 0 Å². The van der Waals surface area contributed by atoms with Crippen molar-refractivity contribution in [3.63, 3.8) is 0 Å². The minimum absolute atomic E-state index is 0.315. The van der Waals surface area contributed by atoms with E-state index in [2.05, 4.69) is 6.92 Å². The van der Waals surface area contributed by atoms with Crippen molar-refractivity contribution in [3.8, 4) is 5.75 Å². The summed E-state index contributed by atoms with van der Waals surface area (Å²) in [6, 6.07) is 7.53. The van der Waals surface area contributed by atoms with E-state index in [1.54, 1.807) is 0 Å². The maximum atomic E-state index is 10.3. The molecule has 4 nitrogen and oxygen atoms in total. The van der Waals surface area contributed by atoms with Crippen LogP contribution in [0.3, 0.4) is 0 Å². The van der Waals surface area contributed by atoms with Crippen LogP contribution in [0.25, 0.3) is 0 Å². The van der Waals surface area contributed by atoms with Crippen LogP contribution in [0.2, 0.25) is 0 Å². The van der Waals surface area contributed by atoms with E-state index in [-0.39, 0.29) is 6.10 Å². The van der Waals surface area contributed by atoms with Crippen LogP contribution in [0.1, 0.15) is 25.0 Å². The quantitative estimate of drug-likeness (QED) is 0.869. The van der Waals surface area contributed by atoms with Crippen molar-refractivity contribution in [3.05, 3.63) is 29.8 Å². The Morgan fingerprint density at radius 3 is 2.94 bits per heavy atom. The molecule has 1 saturated heterocycles. The molecule has 2 atom stereocenters. The van der Waals surface area contributed by atoms with Crippen molar-refractivity contribution in [2.75, 3.05) is 26.4 Å². The summed E-state index contributed by atoms with van der Waals surface area (Å²) >= 11 is 0. The molecule has 1 aliphatic rings. The molecule has 1 fully saturated rings. The largest absolute Gasteiger partial charge is 0.493 e. The van der Waals surface area contributed by atoms with E-state index in [0.717, 1.165) is 17.7 Å². The van der Waals surface area contributed by atoms with Crippen molar-refractivity contribution in [2.24, 2.45) is 0 Å². The van der Waals surface area contributed by atoms with Gasteiger partial charge in [0.15, 0.2) is 0 Å². The highest BCUT2D eigenvalue weighted by Crippen LogP contribution is 2.29. The Balaban J connectivity index is 2.10. The third kappa shape index (κ3) is 3.22. The lowest BCUT2D eigenvalue weighted by atomic mass is 10.0. The van der Waals surface area contributed by atoms with Gasteiger partial charge in [-0.25, -0.2) is 0 Å². The first kappa shape index (κ1) is 13.3. The Hall–Kier alpha value is -1.10. The molecule has 2 rings (SSSR count). The molecular weight excluding hydrogens is 232 g/mol. The van der Waals surface area contributed by atoms with Gasteiger partial charge in [0, 0.05) is 5.56 Å². The summed E-state index contributed by atoms with van der Waals surface area (Å²) in [7, 11) is 0. The lowest BCUT2D eigenvalue weighted by Crippen LogP contribution is -2.34. The minimum atomic E-state index is -0.710. The fourth-order valence-electron chi connectivity index (χ4n) is 1.96. The van der Waals surface area contributed by atoms with Gasteiger partial charge in [-0.1, -0.05) is 25.1 Å². The van der Waals surface area contributed by atoms with Crippen LogP contribution in [0, 0.1) is 0 Å². The van der Waals surface area contributed by atoms with Crippen LogP contribution < -0.4 is 4.74 Å². The van der Waals surface area contributed by atoms with E-state index in [0.29, 0.717) is 26.4 Å². The molecule has 0 saturated carbocycles. The monoisotopic (exact) mass is 252 g/mol. The molecule has 0 radical (unpaired) electrons. The molecule has 1 aliphatic heterocycles. The molecule has 1 heterocycles. The second kappa shape index (κ2) is 6.73. The van der Waals surface area contributed by atoms with E-state index in [9.17, 15) is 5.11 Å². The molecule has 0 aromatic heterocycles. The maximum absolute atomic E-state index is 10.3. The van der Waals surface area contributed by atoms with Crippen LogP contribution in [0.4, 0.5) is 0 Å². The smallest absolute Gasteiger partial charge is 0.125 e. The lowest BCUT2D eigenvalue weighted by molar-refractivity contribution is -0.133. The van der Waals surface area contributed by atoms with E-state index < -0.39 is 6.10 Å². The highest BCUT2D eigenvalue weighted by Gasteiger charge is 2.26. The predicted molar refractivity (Wildman–Crippen MR) is 67.7 cm³/mol. The summed E-state index contributed by atoms with van der Waals surface area (Å²) in [6.45, 7) is 4.24. The first-order valence-corrected chi connectivity index (χ1v) is 6.42. The van der Waals surface area contributed by atoms with Crippen molar-refractivity contribution in [1.82, 2.24) is 0 Å². The lowest BCUT2D eigenvalue weighted by Gasteiger charge is -2.28. The van der Waals surface area contributed by atoms with Crippen molar-refractivity contribution in [1.29, 1.82) is 0 Å². The molecule has 1 N–H and O–H groups in total. The van der Waals surface area contributed by atoms with Crippen LogP contribution in [0.15, 0.2) is 24.3 Å². The Morgan fingerprint density at radius 1 is 1.39 bits per heavy atom. The SMILES string of the molecule is CCCOc1ccccc1C(O)C1COCCO1. The van der Waals surface area contributed by atoms with Gasteiger partial charge in [0.1, 0.15) is 18.0 Å². The second-order valence-electron chi connectivity index (χ2n) is 4.32. The predicted octanol–water partition coefficient (Wildman–Crippen LogP) is 1.92. The molecule has 18 heavy (non-hydrogen) atoms. The molecule has 2 unspecified atom stereocenters. The number of rotatable bonds is 5. The summed E-state index contributed by atoms with van der Waals surface area (Å²) in [5.74, 6) is 0.723. The van der Waals surface area contributed by atoms with Gasteiger partial charge in [0.05, 0.1) is 26.4 Å². The second-order valence-corrected chi connectivity index (χ2v) is 4.32. The van der Waals surface area contributed by atoms with Gasteiger partial charge in [-0.05, 0) is 12.5 Å². The molecule has 0 spiro atoms. The molecule has 0 bridgehead atoms. The molecule has 100 valence electrons. The van der Waals surface area contributed by atoms with Gasteiger partial charge < -0.3 is 19.3 Å². The third-order valence-electron chi connectivity index (χ3n) is 2.89. The summed E-state index contributed by atoms with van der Waals surface area (Å²) in [6.07, 6.45) is -0.0866. The number of aliphatic hydroxyl groups excluding tert-OH is 1. The highest BCUT2D eigenvalue weighted by molar-refractivity contribution is 5.35. The summed E-state index contributed by atoms with van der Waals surface area (Å²) < 4.78 is 16.5. The topological polar surface area (TPSA) is 47.9 Å². The number of hydrogen-bond acceptors (Lipinski definition) is 4. The third-order valence-corrected chi connectivity index (χ3v) is 2.89. The fraction of sp³-hybridized carbons (Fsp3) is 0.571. The average molecular weight is 252 g/mol. The summed E-state index contributed by atoms with van der Waals surface area (Å²) in [5.41, 5.74) is 0.765. The first-order chi connectivity index (χ1) is 8.83. The van der Waals surface area contributed by atoms with E-state index in [4.69, 9.17) is 14.2 Å². The normalized spacial score (nSPS) is 21.6. The first-order valence-electron chi connectivity index (χ1n) is 6.42. The number of ether oxygens (including phenoxy) is 3. The van der Waals surface area contributed by atoms with E-state index in [1.807, 2.05) is 24.3 Å². The molecule has 4 heteroatoms.